The number of carboxylic acid groups (broad SMARTS) is 1. The normalized spacial score (nSPS) is 34.5. The molecule has 1 aliphatic heterocycles. The van der Waals surface area contributed by atoms with Gasteiger partial charge in [-0.05, 0) is 31.1 Å². The number of carbonyl (C=O) groups excluding carboxylic acids is 1. The van der Waals surface area contributed by atoms with Crippen molar-refractivity contribution in [1.82, 2.24) is 9.80 Å². The molecule has 2 fully saturated rings. The minimum atomic E-state index is -0.662. The molecule has 2 unspecified atom stereocenters. The minimum Gasteiger partial charge on any atom is -0.481 e. The lowest BCUT2D eigenvalue weighted by atomic mass is 9.82. The lowest BCUT2D eigenvalue weighted by Gasteiger charge is -2.27. The van der Waals surface area contributed by atoms with Crippen LogP contribution in [0, 0.1) is 17.3 Å². The second-order valence-electron chi connectivity index (χ2n) is 5.95. The maximum Gasteiger partial charge on any atom is 0.319 e. The molecule has 5 heteroatoms. The molecule has 1 heterocycles. The van der Waals surface area contributed by atoms with E-state index in [1.54, 1.807) is 19.0 Å². The van der Waals surface area contributed by atoms with E-state index >= 15 is 0 Å². The quantitative estimate of drug-likeness (QED) is 0.812. The standard InChI is InChI=1S/C13H22N2O3/c1-4-13(11(16)17)5-9-7-15(8-10(9)6-13)12(18)14(2)3/h9-10H,4-8H2,1-3H3,(H,16,17). The molecule has 0 spiro atoms. The highest BCUT2D eigenvalue weighted by Crippen LogP contribution is 2.51. The number of carbonyl (C=O) groups is 2. The van der Waals surface area contributed by atoms with Gasteiger partial charge in [0.25, 0.3) is 0 Å². The first-order chi connectivity index (χ1) is 8.39. The molecule has 2 rings (SSSR count). The van der Waals surface area contributed by atoms with Crippen LogP contribution in [0.1, 0.15) is 26.2 Å². The van der Waals surface area contributed by atoms with Gasteiger partial charge in [-0.2, -0.15) is 0 Å². The molecular weight excluding hydrogens is 232 g/mol. The van der Waals surface area contributed by atoms with Gasteiger partial charge in [0, 0.05) is 27.2 Å². The molecule has 2 aliphatic rings. The van der Waals surface area contributed by atoms with Crippen LogP contribution in [-0.4, -0.2) is 54.1 Å². The van der Waals surface area contributed by atoms with Crippen LogP contribution in [-0.2, 0) is 4.79 Å². The fourth-order valence-electron chi connectivity index (χ4n) is 3.54. The van der Waals surface area contributed by atoms with Gasteiger partial charge in [0.2, 0.25) is 0 Å². The van der Waals surface area contributed by atoms with Crippen molar-refractivity contribution in [3.05, 3.63) is 0 Å². The van der Waals surface area contributed by atoms with E-state index in [0.717, 1.165) is 25.9 Å². The Morgan fingerprint density at radius 3 is 2.11 bits per heavy atom. The summed E-state index contributed by atoms with van der Waals surface area (Å²) in [7, 11) is 3.51. The largest absolute Gasteiger partial charge is 0.481 e. The lowest BCUT2D eigenvalue weighted by Crippen LogP contribution is -2.39. The Balaban J connectivity index is 2.03. The van der Waals surface area contributed by atoms with Gasteiger partial charge >= 0.3 is 12.0 Å². The molecule has 5 nitrogen and oxygen atoms in total. The van der Waals surface area contributed by atoms with E-state index in [4.69, 9.17) is 0 Å². The van der Waals surface area contributed by atoms with Crippen molar-refractivity contribution >= 4 is 12.0 Å². The average Bonchev–Trinajstić information content (AvgIpc) is 2.82. The maximum atomic E-state index is 11.9. The molecule has 2 amide bonds. The van der Waals surface area contributed by atoms with Crippen molar-refractivity contribution in [2.45, 2.75) is 26.2 Å². The summed E-state index contributed by atoms with van der Waals surface area (Å²) in [6.07, 6.45) is 2.14. The van der Waals surface area contributed by atoms with Crippen LogP contribution >= 0.6 is 0 Å². The van der Waals surface area contributed by atoms with E-state index in [9.17, 15) is 14.7 Å². The number of urea groups is 1. The van der Waals surface area contributed by atoms with Gasteiger partial charge < -0.3 is 14.9 Å². The van der Waals surface area contributed by atoms with Gasteiger partial charge in [-0.3, -0.25) is 4.79 Å². The van der Waals surface area contributed by atoms with Crippen molar-refractivity contribution in [3.63, 3.8) is 0 Å². The summed E-state index contributed by atoms with van der Waals surface area (Å²) in [5.74, 6) is 0.0692. The average molecular weight is 254 g/mol. The molecule has 0 bridgehead atoms. The molecule has 0 aromatic rings. The Labute approximate surface area is 108 Å². The number of aliphatic carboxylic acids is 1. The van der Waals surface area contributed by atoms with E-state index in [1.165, 1.54) is 0 Å². The number of nitrogens with zero attached hydrogens (tertiary/aromatic N) is 2. The molecule has 0 aromatic heterocycles. The summed E-state index contributed by atoms with van der Waals surface area (Å²) in [6.45, 7) is 3.39. The van der Waals surface area contributed by atoms with Gasteiger partial charge in [0.1, 0.15) is 0 Å². The predicted molar refractivity (Wildman–Crippen MR) is 67.2 cm³/mol. The first-order valence-electron chi connectivity index (χ1n) is 6.59. The molecule has 102 valence electrons. The molecule has 0 radical (unpaired) electrons. The molecule has 1 saturated heterocycles. The number of carboxylic acids is 1. The number of rotatable bonds is 2. The van der Waals surface area contributed by atoms with Crippen LogP contribution in [0.4, 0.5) is 4.79 Å². The van der Waals surface area contributed by atoms with E-state index < -0.39 is 11.4 Å². The predicted octanol–water partition coefficient (Wildman–Crippen LogP) is 1.49. The topological polar surface area (TPSA) is 60.9 Å². The molecule has 1 N–H and O–H groups in total. The lowest BCUT2D eigenvalue weighted by molar-refractivity contribution is -0.149. The van der Waals surface area contributed by atoms with E-state index in [0.29, 0.717) is 18.3 Å². The van der Waals surface area contributed by atoms with Gasteiger partial charge in [-0.15, -0.1) is 0 Å². The van der Waals surface area contributed by atoms with E-state index in [-0.39, 0.29) is 6.03 Å². The molecule has 2 atom stereocenters. The summed E-state index contributed by atoms with van der Waals surface area (Å²) in [5.41, 5.74) is -0.539. The molecule has 1 aliphatic carbocycles. The zero-order valence-corrected chi connectivity index (χ0v) is 11.3. The smallest absolute Gasteiger partial charge is 0.319 e. The zero-order valence-electron chi connectivity index (χ0n) is 11.3. The summed E-state index contributed by atoms with van der Waals surface area (Å²) >= 11 is 0. The molecule has 18 heavy (non-hydrogen) atoms. The Bertz CT molecular complexity index is 353. The van der Waals surface area contributed by atoms with Crippen molar-refractivity contribution in [2.75, 3.05) is 27.2 Å². The summed E-state index contributed by atoms with van der Waals surface area (Å²) in [6, 6.07) is 0.0434. The molecular formula is C13H22N2O3. The fraction of sp³-hybridized carbons (Fsp3) is 0.846. The maximum absolute atomic E-state index is 11.9. The van der Waals surface area contributed by atoms with Crippen molar-refractivity contribution < 1.29 is 14.7 Å². The van der Waals surface area contributed by atoms with Gasteiger partial charge in [-0.1, -0.05) is 6.92 Å². The summed E-state index contributed by atoms with van der Waals surface area (Å²) in [4.78, 5) is 26.7. The van der Waals surface area contributed by atoms with Crippen LogP contribution in [0.25, 0.3) is 0 Å². The molecule has 0 aromatic carbocycles. The monoisotopic (exact) mass is 254 g/mol. The third-order valence-electron chi connectivity index (χ3n) is 4.67. The van der Waals surface area contributed by atoms with E-state index in [1.807, 2.05) is 11.8 Å². The number of amides is 2. The highest BCUT2D eigenvalue weighted by molar-refractivity contribution is 5.76. The SMILES string of the molecule is CCC1(C(=O)O)CC2CN(C(=O)N(C)C)CC2C1. The number of fused-ring (bicyclic) bond motifs is 1. The second kappa shape index (κ2) is 4.44. The van der Waals surface area contributed by atoms with Crippen molar-refractivity contribution in [1.29, 1.82) is 0 Å². The highest BCUT2D eigenvalue weighted by atomic mass is 16.4. The highest BCUT2D eigenvalue weighted by Gasteiger charge is 2.52. The van der Waals surface area contributed by atoms with Crippen LogP contribution < -0.4 is 0 Å². The Morgan fingerprint density at radius 2 is 1.78 bits per heavy atom. The van der Waals surface area contributed by atoms with E-state index in [2.05, 4.69) is 0 Å². The van der Waals surface area contributed by atoms with Gasteiger partial charge in [-0.25, -0.2) is 4.79 Å². The van der Waals surface area contributed by atoms with Crippen LogP contribution in [0.5, 0.6) is 0 Å². The Morgan fingerprint density at radius 1 is 1.28 bits per heavy atom. The zero-order chi connectivity index (χ0) is 13.5. The number of hydrogen-bond acceptors (Lipinski definition) is 2. The Hall–Kier alpha value is -1.26. The Kier molecular flexibility index (Phi) is 3.25. The summed E-state index contributed by atoms with van der Waals surface area (Å²) < 4.78 is 0. The fourth-order valence-corrected chi connectivity index (χ4v) is 3.54. The van der Waals surface area contributed by atoms with Crippen LogP contribution in [0.2, 0.25) is 0 Å². The van der Waals surface area contributed by atoms with Gasteiger partial charge in [0.05, 0.1) is 5.41 Å². The third-order valence-corrected chi connectivity index (χ3v) is 4.67. The minimum absolute atomic E-state index is 0.0434. The van der Waals surface area contributed by atoms with Crippen LogP contribution in [0.3, 0.4) is 0 Å². The first kappa shape index (κ1) is 13.2. The second-order valence-corrected chi connectivity index (χ2v) is 5.95. The van der Waals surface area contributed by atoms with Crippen LogP contribution in [0.15, 0.2) is 0 Å². The third kappa shape index (κ3) is 1.95. The first-order valence-corrected chi connectivity index (χ1v) is 6.59. The van der Waals surface area contributed by atoms with Gasteiger partial charge in [0.15, 0.2) is 0 Å². The molecule has 1 saturated carbocycles. The van der Waals surface area contributed by atoms with Crippen molar-refractivity contribution in [3.8, 4) is 0 Å². The number of likely N-dealkylation sites (tertiary alicyclic amines) is 1. The van der Waals surface area contributed by atoms with Crippen molar-refractivity contribution in [2.24, 2.45) is 17.3 Å². The summed E-state index contributed by atoms with van der Waals surface area (Å²) in [5, 5.41) is 9.39. The number of hydrogen-bond donors (Lipinski definition) is 1.